The summed E-state index contributed by atoms with van der Waals surface area (Å²) >= 11 is 0. The van der Waals surface area contributed by atoms with Crippen LogP contribution in [0.3, 0.4) is 0 Å². The van der Waals surface area contributed by atoms with Crippen molar-refractivity contribution in [3.63, 3.8) is 0 Å². The van der Waals surface area contributed by atoms with Crippen molar-refractivity contribution in [1.82, 2.24) is 4.90 Å². The zero-order chi connectivity index (χ0) is 16.0. The number of ketones is 1. The number of fused-ring (bicyclic) bond motifs is 5. The highest BCUT2D eigenvalue weighted by atomic mass is 35.5. The highest BCUT2D eigenvalue weighted by Gasteiger charge is 2.59. The van der Waals surface area contributed by atoms with Gasteiger partial charge < -0.3 is 9.64 Å². The van der Waals surface area contributed by atoms with Crippen LogP contribution in [0.4, 0.5) is 4.39 Å². The number of hydrogen-bond donors (Lipinski definition) is 0. The highest BCUT2D eigenvalue weighted by Crippen LogP contribution is 2.53. The molecule has 132 valence electrons. The molecule has 4 rings (SSSR count). The third-order valence-electron chi connectivity index (χ3n) is 6.09. The Hall–Kier alpha value is -0.970. The summed E-state index contributed by atoms with van der Waals surface area (Å²) in [6.07, 6.45) is 4.30. The molecule has 0 N–H and O–H groups in total. The third kappa shape index (κ3) is 3.12. The number of Topliss-reactive ketones (excluding diaryl/α,β-unsaturated/α-hetero) is 1. The molecule has 2 bridgehead atoms. The Morgan fingerprint density at radius 1 is 1.33 bits per heavy atom. The Bertz CT molecular complexity index is 608. The third-order valence-corrected chi connectivity index (χ3v) is 6.09. The van der Waals surface area contributed by atoms with Crippen molar-refractivity contribution in [1.29, 1.82) is 0 Å². The van der Waals surface area contributed by atoms with Crippen LogP contribution >= 0.6 is 12.4 Å². The van der Waals surface area contributed by atoms with E-state index in [1.807, 2.05) is 0 Å². The van der Waals surface area contributed by atoms with Gasteiger partial charge in [-0.3, -0.25) is 4.79 Å². The second kappa shape index (κ2) is 6.74. The molecule has 4 unspecified atom stereocenters. The first-order valence-corrected chi connectivity index (χ1v) is 8.74. The second-order valence-corrected chi connectivity index (χ2v) is 7.57. The number of nitrogens with zero attached hydrogens (tertiary/aromatic N) is 1. The maximum Gasteiger partial charge on any atom is 0.162 e. The predicted octanol–water partition coefficient (Wildman–Crippen LogP) is 3.71. The molecule has 0 amide bonds. The van der Waals surface area contributed by atoms with Crippen LogP contribution in [-0.4, -0.2) is 42.0 Å². The van der Waals surface area contributed by atoms with E-state index in [1.165, 1.54) is 25.0 Å². The molecule has 3 heterocycles. The van der Waals surface area contributed by atoms with Gasteiger partial charge in [0.15, 0.2) is 5.78 Å². The smallest absolute Gasteiger partial charge is 0.162 e. The molecule has 3 saturated heterocycles. The number of carbonyl (C=O) groups is 1. The minimum absolute atomic E-state index is 0. The summed E-state index contributed by atoms with van der Waals surface area (Å²) in [5, 5.41) is 0. The molecule has 0 aromatic heterocycles. The molecule has 24 heavy (non-hydrogen) atoms. The fourth-order valence-corrected chi connectivity index (χ4v) is 4.83. The fourth-order valence-electron chi connectivity index (χ4n) is 4.83. The molecule has 3 aliphatic rings. The number of rotatable bonds is 5. The van der Waals surface area contributed by atoms with Crippen molar-refractivity contribution in [3.05, 3.63) is 35.6 Å². The highest BCUT2D eigenvalue weighted by molar-refractivity contribution is 5.95. The van der Waals surface area contributed by atoms with Gasteiger partial charge in [0.05, 0.1) is 11.7 Å². The van der Waals surface area contributed by atoms with Crippen molar-refractivity contribution < 1.29 is 13.9 Å². The maximum absolute atomic E-state index is 12.9. The Labute approximate surface area is 149 Å². The molecule has 3 fully saturated rings. The van der Waals surface area contributed by atoms with Crippen molar-refractivity contribution in [2.24, 2.45) is 11.8 Å². The second-order valence-electron chi connectivity index (χ2n) is 7.57. The van der Waals surface area contributed by atoms with E-state index >= 15 is 0 Å². The van der Waals surface area contributed by atoms with Gasteiger partial charge in [0.25, 0.3) is 0 Å². The lowest BCUT2D eigenvalue weighted by atomic mass is 9.75. The normalized spacial score (nSPS) is 34.2. The van der Waals surface area contributed by atoms with Crippen LogP contribution in [0.25, 0.3) is 0 Å². The molecule has 3 aliphatic heterocycles. The van der Waals surface area contributed by atoms with E-state index in [0.717, 1.165) is 26.1 Å². The lowest BCUT2D eigenvalue weighted by Crippen LogP contribution is -2.35. The number of benzene rings is 1. The van der Waals surface area contributed by atoms with Crippen LogP contribution < -0.4 is 0 Å². The Morgan fingerprint density at radius 3 is 2.79 bits per heavy atom. The molecule has 1 aromatic rings. The summed E-state index contributed by atoms with van der Waals surface area (Å²) in [5.74, 6) is 1.19. The van der Waals surface area contributed by atoms with Gasteiger partial charge in [0.1, 0.15) is 5.82 Å². The quantitative estimate of drug-likeness (QED) is 0.756. The Morgan fingerprint density at radius 2 is 2.08 bits per heavy atom. The average Bonchev–Trinajstić information content (AvgIpc) is 3.18. The summed E-state index contributed by atoms with van der Waals surface area (Å²) in [6, 6.07) is 5.86. The molecular formula is C19H25ClFNO2. The summed E-state index contributed by atoms with van der Waals surface area (Å²) in [7, 11) is 0. The van der Waals surface area contributed by atoms with Crippen LogP contribution in [0.15, 0.2) is 24.3 Å². The molecule has 3 nitrogen and oxygen atoms in total. The largest absolute Gasteiger partial charge is 0.371 e. The van der Waals surface area contributed by atoms with Crippen molar-refractivity contribution in [3.8, 4) is 0 Å². The monoisotopic (exact) mass is 353 g/mol. The van der Waals surface area contributed by atoms with E-state index < -0.39 is 0 Å². The first-order valence-electron chi connectivity index (χ1n) is 8.74. The SMILES string of the molecule is CC12CCC(O1)C1CN(CCCC(=O)c3ccc(F)cc3)CC12.Cl. The van der Waals surface area contributed by atoms with E-state index in [9.17, 15) is 9.18 Å². The van der Waals surface area contributed by atoms with Gasteiger partial charge in [-0.05, 0) is 57.0 Å². The minimum Gasteiger partial charge on any atom is -0.371 e. The van der Waals surface area contributed by atoms with E-state index in [-0.39, 0.29) is 29.6 Å². The van der Waals surface area contributed by atoms with E-state index in [4.69, 9.17) is 4.74 Å². The Balaban J connectivity index is 0.00000169. The van der Waals surface area contributed by atoms with Crippen LogP contribution in [0.2, 0.25) is 0 Å². The van der Waals surface area contributed by atoms with E-state index in [1.54, 1.807) is 12.1 Å². The van der Waals surface area contributed by atoms with Crippen molar-refractivity contribution in [2.45, 2.75) is 44.3 Å². The fraction of sp³-hybridized carbons (Fsp3) is 0.632. The van der Waals surface area contributed by atoms with Gasteiger partial charge in [0.2, 0.25) is 0 Å². The van der Waals surface area contributed by atoms with Gasteiger partial charge >= 0.3 is 0 Å². The number of hydrogen-bond acceptors (Lipinski definition) is 3. The summed E-state index contributed by atoms with van der Waals surface area (Å²) in [5.41, 5.74) is 0.720. The maximum atomic E-state index is 12.9. The number of carbonyl (C=O) groups excluding carboxylic acids is 1. The zero-order valence-electron chi connectivity index (χ0n) is 14.0. The van der Waals surface area contributed by atoms with Crippen LogP contribution in [-0.2, 0) is 4.74 Å². The molecule has 0 saturated carbocycles. The van der Waals surface area contributed by atoms with Gasteiger partial charge in [-0.1, -0.05) is 0 Å². The van der Waals surface area contributed by atoms with Gasteiger partial charge in [-0.2, -0.15) is 0 Å². The summed E-state index contributed by atoms with van der Waals surface area (Å²) in [4.78, 5) is 14.6. The zero-order valence-corrected chi connectivity index (χ0v) is 14.9. The molecule has 0 spiro atoms. The van der Waals surface area contributed by atoms with Crippen LogP contribution in [0.1, 0.15) is 43.0 Å². The lowest BCUT2D eigenvalue weighted by Gasteiger charge is -2.28. The summed E-state index contributed by atoms with van der Waals surface area (Å²) < 4.78 is 19.1. The number of ether oxygens (including phenoxy) is 1. The molecule has 5 heteroatoms. The van der Waals surface area contributed by atoms with Crippen molar-refractivity contribution in [2.75, 3.05) is 19.6 Å². The molecule has 4 atom stereocenters. The molecule has 1 aromatic carbocycles. The number of likely N-dealkylation sites (tertiary alicyclic amines) is 1. The average molecular weight is 354 g/mol. The molecular weight excluding hydrogens is 329 g/mol. The first kappa shape index (κ1) is 17.8. The van der Waals surface area contributed by atoms with Crippen LogP contribution in [0.5, 0.6) is 0 Å². The molecule has 0 radical (unpaired) electrons. The van der Waals surface area contributed by atoms with Gasteiger partial charge in [-0.25, -0.2) is 4.39 Å². The van der Waals surface area contributed by atoms with E-state index in [2.05, 4.69) is 11.8 Å². The first-order chi connectivity index (χ1) is 11.0. The topological polar surface area (TPSA) is 29.5 Å². The van der Waals surface area contributed by atoms with Gasteiger partial charge in [-0.15, -0.1) is 12.4 Å². The van der Waals surface area contributed by atoms with E-state index in [0.29, 0.717) is 29.9 Å². The van der Waals surface area contributed by atoms with Crippen LogP contribution in [0, 0.1) is 17.7 Å². The predicted molar refractivity (Wildman–Crippen MR) is 93.1 cm³/mol. The van der Waals surface area contributed by atoms with Gasteiger partial charge in [0, 0.05) is 36.9 Å². The number of halogens is 2. The standard InChI is InChI=1S/C19H24FNO2.ClH/c1-19-9-8-18(23-19)15-11-21(12-16(15)19)10-2-3-17(22)13-4-6-14(20)7-5-13;/h4-7,15-16,18H,2-3,8-12H2,1H3;1H. The Kier molecular flexibility index (Phi) is 5.01. The summed E-state index contributed by atoms with van der Waals surface area (Å²) in [6.45, 7) is 5.49. The molecule has 0 aliphatic carbocycles. The van der Waals surface area contributed by atoms with Crippen molar-refractivity contribution >= 4 is 18.2 Å². The minimum atomic E-state index is -0.296. The lowest BCUT2D eigenvalue weighted by molar-refractivity contribution is -0.00315.